The van der Waals surface area contributed by atoms with Crippen LogP contribution < -0.4 is 10.0 Å². The first-order valence-electron chi connectivity index (χ1n) is 9.49. The predicted octanol–water partition coefficient (Wildman–Crippen LogP) is 5.19. The highest BCUT2D eigenvalue weighted by atomic mass is 32.2. The molecule has 0 aromatic heterocycles. The molecule has 2 N–H and O–H groups in total. The molecule has 0 amide bonds. The molecule has 0 radical (unpaired) electrons. The fourth-order valence-electron chi connectivity index (χ4n) is 3.72. The molecule has 0 unspecified atom stereocenters. The molecule has 1 aliphatic carbocycles. The molecule has 5 heteroatoms. The second kappa shape index (κ2) is 7.71. The van der Waals surface area contributed by atoms with E-state index in [4.69, 9.17) is 0 Å². The van der Waals surface area contributed by atoms with Crippen LogP contribution in [-0.4, -0.2) is 14.5 Å². The molecular formula is C22H24N2O2S. The summed E-state index contributed by atoms with van der Waals surface area (Å²) in [5.41, 5.74) is 1.87. The zero-order valence-corrected chi connectivity index (χ0v) is 16.0. The lowest BCUT2D eigenvalue weighted by atomic mass is 9.96. The molecule has 27 heavy (non-hydrogen) atoms. The Morgan fingerprint density at radius 2 is 1.48 bits per heavy atom. The highest BCUT2D eigenvalue weighted by Crippen LogP contribution is 2.27. The normalized spacial score (nSPS) is 15.7. The maximum absolute atomic E-state index is 12.6. The Labute approximate surface area is 160 Å². The van der Waals surface area contributed by atoms with E-state index in [-0.39, 0.29) is 6.04 Å². The van der Waals surface area contributed by atoms with Gasteiger partial charge in [-0.15, -0.1) is 0 Å². The van der Waals surface area contributed by atoms with E-state index in [0.717, 1.165) is 42.4 Å². The zero-order chi connectivity index (χ0) is 18.7. The van der Waals surface area contributed by atoms with Crippen molar-refractivity contribution in [2.24, 2.45) is 0 Å². The summed E-state index contributed by atoms with van der Waals surface area (Å²) in [6, 6.07) is 21.3. The number of sulfonamides is 1. The molecule has 0 aliphatic heterocycles. The Kier molecular flexibility index (Phi) is 5.14. The van der Waals surface area contributed by atoms with E-state index in [1.807, 2.05) is 36.4 Å². The number of benzene rings is 3. The van der Waals surface area contributed by atoms with E-state index >= 15 is 0 Å². The van der Waals surface area contributed by atoms with Crippen LogP contribution in [0, 0.1) is 0 Å². The number of rotatable bonds is 5. The van der Waals surface area contributed by atoms with Crippen molar-refractivity contribution in [2.75, 3.05) is 5.32 Å². The van der Waals surface area contributed by atoms with Crippen LogP contribution in [0.1, 0.15) is 32.1 Å². The average Bonchev–Trinajstić information content (AvgIpc) is 2.69. The molecule has 1 fully saturated rings. The van der Waals surface area contributed by atoms with E-state index in [1.165, 1.54) is 11.8 Å². The number of hydrogen-bond donors (Lipinski definition) is 2. The lowest BCUT2D eigenvalue weighted by Crippen LogP contribution is -2.36. The molecule has 0 spiro atoms. The van der Waals surface area contributed by atoms with Crippen LogP contribution in [0.4, 0.5) is 11.4 Å². The van der Waals surface area contributed by atoms with Crippen molar-refractivity contribution >= 4 is 32.2 Å². The van der Waals surface area contributed by atoms with Gasteiger partial charge in [0, 0.05) is 22.8 Å². The molecule has 0 atom stereocenters. The summed E-state index contributed by atoms with van der Waals surface area (Å²) in [6.45, 7) is 0. The van der Waals surface area contributed by atoms with Crippen molar-refractivity contribution < 1.29 is 8.42 Å². The van der Waals surface area contributed by atoms with E-state index in [1.54, 1.807) is 12.1 Å². The van der Waals surface area contributed by atoms with Crippen molar-refractivity contribution in [2.45, 2.75) is 43.0 Å². The monoisotopic (exact) mass is 380 g/mol. The largest absolute Gasteiger partial charge is 0.355 e. The first-order chi connectivity index (χ1) is 13.1. The third kappa shape index (κ3) is 4.15. The van der Waals surface area contributed by atoms with Gasteiger partial charge in [-0.25, -0.2) is 13.1 Å². The van der Waals surface area contributed by atoms with Crippen molar-refractivity contribution in [1.29, 1.82) is 0 Å². The SMILES string of the molecule is O=S(=O)(NC1CCCCC1)c1ccc(Nc2cccc3ccccc23)cc1. The predicted molar refractivity (Wildman–Crippen MR) is 111 cm³/mol. The second-order valence-electron chi connectivity index (χ2n) is 7.13. The Balaban J connectivity index is 1.51. The van der Waals surface area contributed by atoms with Crippen LogP contribution in [0.2, 0.25) is 0 Å². The van der Waals surface area contributed by atoms with Gasteiger partial charge >= 0.3 is 0 Å². The minimum Gasteiger partial charge on any atom is -0.355 e. The summed E-state index contributed by atoms with van der Waals surface area (Å²) >= 11 is 0. The van der Waals surface area contributed by atoms with E-state index in [9.17, 15) is 8.42 Å². The van der Waals surface area contributed by atoms with Crippen molar-refractivity contribution in [3.05, 3.63) is 66.7 Å². The molecule has 3 aromatic carbocycles. The lowest BCUT2D eigenvalue weighted by molar-refractivity contribution is 0.412. The minimum absolute atomic E-state index is 0.0669. The Morgan fingerprint density at radius 3 is 2.26 bits per heavy atom. The van der Waals surface area contributed by atoms with Gasteiger partial charge in [0.05, 0.1) is 4.90 Å². The molecule has 4 nitrogen and oxygen atoms in total. The number of nitrogens with one attached hydrogen (secondary N) is 2. The van der Waals surface area contributed by atoms with E-state index in [2.05, 4.69) is 28.2 Å². The van der Waals surface area contributed by atoms with Crippen LogP contribution in [-0.2, 0) is 10.0 Å². The van der Waals surface area contributed by atoms with Gasteiger partial charge in [0.25, 0.3) is 0 Å². The Bertz CT molecular complexity index is 1020. The summed E-state index contributed by atoms with van der Waals surface area (Å²) < 4.78 is 28.1. The standard InChI is InChI=1S/C22H24N2O2S/c25-27(26,24-19-9-2-1-3-10-19)20-15-13-18(14-16-20)23-22-12-6-8-17-7-4-5-11-21(17)22/h4-8,11-16,19,23-24H,1-3,9-10H2. The third-order valence-corrected chi connectivity index (χ3v) is 6.70. The number of hydrogen-bond acceptors (Lipinski definition) is 3. The summed E-state index contributed by atoms with van der Waals surface area (Å²) in [5.74, 6) is 0. The van der Waals surface area contributed by atoms with Gasteiger partial charge < -0.3 is 5.32 Å². The first kappa shape index (κ1) is 18.0. The third-order valence-electron chi connectivity index (χ3n) is 5.16. The second-order valence-corrected chi connectivity index (χ2v) is 8.85. The van der Waals surface area contributed by atoms with Crippen molar-refractivity contribution in [1.82, 2.24) is 4.72 Å². The van der Waals surface area contributed by atoms with Gasteiger partial charge in [0.15, 0.2) is 0 Å². The maximum atomic E-state index is 12.6. The van der Waals surface area contributed by atoms with Crippen molar-refractivity contribution in [3.8, 4) is 0 Å². The van der Waals surface area contributed by atoms with Crippen LogP contribution in [0.5, 0.6) is 0 Å². The highest BCUT2D eigenvalue weighted by Gasteiger charge is 2.21. The summed E-state index contributed by atoms with van der Waals surface area (Å²) in [7, 11) is -3.46. The summed E-state index contributed by atoms with van der Waals surface area (Å²) in [4.78, 5) is 0.316. The quantitative estimate of drug-likeness (QED) is 0.640. The Morgan fingerprint density at radius 1 is 0.778 bits per heavy atom. The average molecular weight is 381 g/mol. The first-order valence-corrected chi connectivity index (χ1v) is 11.0. The van der Waals surface area contributed by atoms with Gasteiger partial charge in [-0.2, -0.15) is 0 Å². The summed E-state index contributed by atoms with van der Waals surface area (Å²) in [5, 5.41) is 5.69. The molecule has 4 rings (SSSR count). The number of fused-ring (bicyclic) bond motifs is 1. The van der Waals surface area contributed by atoms with Gasteiger partial charge in [-0.1, -0.05) is 55.7 Å². The number of anilines is 2. The lowest BCUT2D eigenvalue weighted by Gasteiger charge is -2.22. The van der Waals surface area contributed by atoms with Crippen LogP contribution >= 0.6 is 0 Å². The van der Waals surface area contributed by atoms with Gasteiger partial charge in [-0.05, 0) is 48.6 Å². The van der Waals surface area contributed by atoms with Crippen LogP contribution in [0.3, 0.4) is 0 Å². The molecule has 0 bridgehead atoms. The molecule has 3 aromatic rings. The van der Waals surface area contributed by atoms with Gasteiger partial charge in [0.2, 0.25) is 10.0 Å². The fourth-order valence-corrected chi connectivity index (χ4v) is 5.02. The van der Waals surface area contributed by atoms with E-state index in [0.29, 0.717) is 4.90 Å². The molecule has 1 aliphatic rings. The molecule has 0 saturated heterocycles. The maximum Gasteiger partial charge on any atom is 0.240 e. The van der Waals surface area contributed by atoms with E-state index < -0.39 is 10.0 Å². The van der Waals surface area contributed by atoms with Gasteiger partial charge in [-0.3, -0.25) is 0 Å². The fraction of sp³-hybridized carbons (Fsp3) is 0.273. The summed E-state index contributed by atoms with van der Waals surface area (Å²) in [6.07, 6.45) is 5.26. The van der Waals surface area contributed by atoms with Crippen molar-refractivity contribution in [3.63, 3.8) is 0 Å². The molecule has 140 valence electrons. The van der Waals surface area contributed by atoms with Gasteiger partial charge in [0.1, 0.15) is 0 Å². The molecule has 1 saturated carbocycles. The topological polar surface area (TPSA) is 58.2 Å². The zero-order valence-electron chi connectivity index (χ0n) is 15.2. The molecule has 0 heterocycles. The minimum atomic E-state index is -3.46. The highest BCUT2D eigenvalue weighted by molar-refractivity contribution is 7.89. The molecular weight excluding hydrogens is 356 g/mol. The smallest absolute Gasteiger partial charge is 0.240 e. The van der Waals surface area contributed by atoms with Crippen LogP contribution in [0.25, 0.3) is 10.8 Å². The van der Waals surface area contributed by atoms with Crippen LogP contribution in [0.15, 0.2) is 71.6 Å². The Hall–Kier alpha value is -2.37.